The Labute approximate surface area is 191 Å². The van der Waals surface area contributed by atoms with E-state index in [-0.39, 0.29) is 23.6 Å². The number of H-pyrrole nitrogens is 1. The number of ketones is 1. The summed E-state index contributed by atoms with van der Waals surface area (Å²) in [5.41, 5.74) is 1.61. The molecule has 2 N–H and O–H groups in total. The van der Waals surface area contributed by atoms with E-state index in [9.17, 15) is 19.5 Å². The SMILES string of the molecule is CCOC(=O)c1[nH]c(C)c(/C(O)=C2\C(=O)C(=O)N(CCCN(C)C)[C@H]2c2cccs2)c1C. The molecule has 1 aliphatic heterocycles. The Morgan fingerprint density at radius 1 is 1.31 bits per heavy atom. The maximum atomic E-state index is 13.1. The normalized spacial score (nSPS) is 18.1. The van der Waals surface area contributed by atoms with Gasteiger partial charge in [0.15, 0.2) is 0 Å². The van der Waals surface area contributed by atoms with Crippen molar-refractivity contribution in [3.8, 4) is 0 Å². The lowest BCUT2D eigenvalue weighted by atomic mass is 9.97. The van der Waals surface area contributed by atoms with E-state index in [2.05, 4.69) is 4.98 Å². The molecule has 0 radical (unpaired) electrons. The zero-order chi connectivity index (χ0) is 23.6. The van der Waals surface area contributed by atoms with Crippen LogP contribution in [0.15, 0.2) is 23.1 Å². The van der Waals surface area contributed by atoms with Crippen molar-refractivity contribution in [2.45, 2.75) is 33.2 Å². The number of aromatic nitrogens is 1. The van der Waals surface area contributed by atoms with E-state index in [1.807, 2.05) is 36.5 Å². The number of thiophene rings is 1. The Bertz CT molecular complexity index is 1050. The first-order valence-corrected chi connectivity index (χ1v) is 11.4. The summed E-state index contributed by atoms with van der Waals surface area (Å²) in [5.74, 6) is -2.16. The second-order valence-electron chi connectivity index (χ2n) is 8.01. The molecule has 9 heteroatoms. The predicted octanol–water partition coefficient (Wildman–Crippen LogP) is 3.24. The van der Waals surface area contributed by atoms with Crippen molar-refractivity contribution in [2.24, 2.45) is 0 Å². The number of rotatable bonds is 8. The number of aliphatic hydroxyl groups excluding tert-OH is 1. The molecule has 3 heterocycles. The van der Waals surface area contributed by atoms with Crippen LogP contribution < -0.4 is 0 Å². The average Bonchev–Trinajstić information content (AvgIpc) is 3.41. The van der Waals surface area contributed by atoms with E-state index in [0.717, 1.165) is 11.4 Å². The van der Waals surface area contributed by atoms with E-state index in [1.165, 1.54) is 16.2 Å². The summed E-state index contributed by atoms with van der Waals surface area (Å²) in [6.45, 7) is 6.47. The fourth-order valence-corrected chi connectivity index (χ4v) is 4.90. The molecule has 0 spiro atoms. The molecule has 0 aromatic carbocycles. The number of aromatic amines is 1. The molecule has 1 aliphatic rings. The van der Waals surface area contributed by atoms with Crippen molar-refractivity contribution in [1.29, 1.82) is 0 Å². The molecule has 1 fully saturated rings. The number of aliphatic hydroxyl groups is 1. The van der Waals surface area contributed by atoms with Gasteiger partial charge >= 0.3 is 5.97 Å². The maximum absolute atomic E-state index is 13.1. The second kappa shape index (κ2) is 9.70. The number of Topliss-reactive ketones (excluding diaryl/α,β-unsaturated/α-hetero) is 1. The minimum atomic E-state index is -0.719. The first kappa shape index (κ1) is 23.7. The number of hydrogen-bond acceptors (Lipinski definition) is 7. The lowest BCUT2D eigenvalue weighted by Gasteiger charge is -2.24. The highest BCUT2D eigenvalue weighted by Crippen LogP contribution is 2.42. The molecule has 3 rings (SSSR count). The Morgan fingerprint density at radius 2 is 2.03 bits per heavy atom. The van der Waals surface area contributed by atoms with Gasteiger partial charge in [-0.05, 0) is 64.8 Å². The number of esters is 1. The summed E-state index contributed by atoms with van der Waals surface area (Å²) in [6, 6.07) is 3.04. The van der Waals surface area contributed by atoms with Crippen molar-refractivity contribution < 1.29 is 24.2 Å². The van der Waals surface area contributed by atoms with Gasteiger partial charge < -0.3 is 24.6 Å². The summed E-state index contributed by atoms with van der Waals surface area (Å²) >= 11 is 1.43. The van der Waals surface area contributed by atoms with Crippen molar-refractivity contribution in [3.63, 3.8) is 0 Å². The minimum absolute atomic E-state index is 0.0444. The highest BCUT2D eigenvalue weighted by molar-refractivity contribution is 7.10. The first-order chi connectivity index (χ1) is 15.2. The zero-order valence-electron chi connectivity index (χ0n) is 19.0. The summed E-state index contributed by atoms with van der Waals surface area (Å²) in [6.07, 6.45) is 0.692. The number of aryl methyl sites for hydroxylation is 1. The molecular formula is C23H29N3O5S. The average molecular weight is 460 g/mol. The number of amides is 1. The minimum Gasteiger partial charge on any atom is -0.507 e. The van der Waals surface area contributed by atoms with Crippen LogP contribution in [-0.4, -0.2) is 71.3 Å². The number of nitrogens with one attached hydrogen (secondary N) is 1. The molecule has 0 bridgehead atoms. The molecule has 0 saturated carbocycles. The molecule has 1 saturated heterocycles. The Balaban J connectivity index is 2.10. The molecule has 32 heavy (non-hydrogen) atoms. The van der Waals surface area contributed by atoms with Crippen LogP contribution in [0.1, 0.15) is 51.6 Å². The Morgan fingerprint density at radius 3 is 2.62 bits per heavy atom. The van der Waals surface area contributed by atoms with E-state index in [1.54, 1.807) is 20.8 Å². The van der Waals surface area contributed by atoms with Crippen LogP contribution in [0.2, 0.25) is 0 Å². The van der Waals surface area contributed by atoms with Crippen LogP contribution in [-0.2, 0) is 14.3 Å². The fourth-order valence-electron chi connectivity index (χ4n) is 4.06. The van der Waals surface area contributed by atoms with Gasteiger partial charge in [-0.2, -0.15) is 0 Å². The number of carbonyl (C=O) groups excluding carboxylic acids is 3. The van der Waals surface area contributed by atoms with Gasteiger partial charge in [-0.1, -0.05) is 6.07 Å². The third kappa shape index (κ3) is 4.35. The molecule has 2 aromatic rings. The van der Waals surface area contributed by atoms with Crippen molar-refractivity contribution in [2.75, 3.05) is 33.8 Å². The van der Waals surface area contributed by atoms with Gasteiger partial charge in [-0.25, -0.2) is 4.79 Å². The molecule has 0 aliphatic carbocycles. The maximum Gasteiger partial charge on any atom is 0.355 e. The molecule has 172 valence electrons. The van der Waals surface area contributed by atoms with Gasteiger partial charge in [0.1, 0.15) is 11.5 Å². The standard InChI is InChI=1S/C23H29N3O5S/c1-6-31-23(30)18-13(2)16(14(3)24-18)20(27)17-19(15-9-7-12-32-15)26(22(29)21(17)28)11-8-10-25(4)5/h7,9,12,19,24,27H,6,8,10-11H2,1-5H3/b20-17+/t19-/m0/s1. The number of ether oxygens (including phenoxy) is 1. The van der Waals surface area contributed by atoms with E-state index >= 15 is 0 Å². The highest BCUT2D eigenvalue weighted by atomic mass is 32.1. The summed E-state index contributed by atoms with van der Waals surface area (Å²) in [5, 5.41) is 13.2. The van der Waals surface area contributed by atoms with Gasteiger partial charge in [0.25, 0.3) is 11.7 Å². The molecule has 0 unspecified atom stereocenters. The number of hydrogen-bond donors (Lipinski definition) is 2. The third-order valence-corrected chi connectivity index (χ3v) is 6.44. The van der Waals surface area contributed by atoms with E-state index < -0.39 is 23.7 Å². The third-order valence-electron chi connectivity index (χ3n) is 5.51. The Kier molecular flexibility index (Phi) is 7.20. The monoisotopic (exact) mass is 459 g/mol. The van der Waals surface area contributed by atoms with Crippen molar-refractivity contribution in [1.82, 2.24) is 14.8 Å². The fraction of sp³-hybridized carbons (Fsp3) is 0.435. The van der Waals surface area contributed by atoms with Crippen LogP contribution in [0.25, 0.3) is 5.76 Å². The van der Waals surface area contributed by atoms with Crippen LogP contribution >= 0.6 is 11.3 Å². The lowest BCUT2D eigenvalue weighted by Crippen LogP contribution is -2.32. The largest absolute Gasteiger partial charge is 0.507 e. The molecule has 1 amide bonds. The van der Waals surface area contributed by atoms with Gasteiger partial charge in [0.05, 0.1) is 18.2 Å². The highest BCUT2D eigenvalue weighted by Gasteiger charge is 2.46. The lowest BCUT2D eigenvalue weighted by molar-refractivity contribution is -0.139. The van der Waals surface area contributed by atoms with Crippen LogP contribution in [0.4, 0.5) is 0 Å². The first-order valence-electron chi connectivity index (χ1n) is 10.5. The van der Waals surface area contributed by atoms with Gasteiger partial charge in [0, 0.05) is 22.7 Å². The summed E-state index contributed by atoms with van der Waals surface area (Å²) < 4.78 is 5.08. The van der Waals surface area contributed by atoms with Crippen LogP contribution in [0.3, 0.4) is 0 Å². The van der Waals surface area contributed by atoms with Gasteiger partial charge in [0.2, 0.25) is 0 Å². The van der Waals surface area contributed by atoms with E-state index in [0.29, 0.717) is 29.8 Å². The molecular weight excluding hydrogens is 430 g/mol. The number of nitrogens with zero attached hydrogens (tertiary/aromatic N) is 2. The van der Waals surface area contributed by atoms with E-state index in [4.69, 9.17) is 4.74 Å². The summed E-state index contributed by atoms with van der Waals surface area (Å²) in [4.78, 5) is 45.6. The summed E-state index contributed by atoms with van der Waals surface area (Å²) in [7, 11) is 3.90. The predicted molar refractivity (Wildman–Crippen MR) is 123 cm³/mol. The molecule has 2 aromatic heterocycles. The van der Waals surface area contributed by atoms with Crippen LogP contribution in [0.5, 0.6) is 0 Å². The number of carbonyl (C=O) groups is 3. The van der Waals surface area contributed by atoms with Crippen molar-refractivity contribution in [3.05, 3.63) is 50.5 Å². The second-order valence-corrected chi connectivity index (χ2v) is 8.99. The topological polar surface area (TPSA) is 103 Å². The quantitative estimate of drug-likeness (QED) is 0.272. The van der Waals surface area contributed by atoms with Gasteiger partial charge in [-0.15, -0.1) is 11.3 Å². The van der Waals surface area contributed by atoms with Crippen molar-refractivity contribution >= 4 is 34.8 Å². The van der Waals surface area contributed by atoms with Crippen LogP contribution in [0, 0.1) is 13.8 Å². The van der Waals surface area contributed by atoms with Gasteiger partial charge in [-0.3, -0.25) is 9.59 Å². The molecule has 8 nitrogen and oxygen atoms in total. The molecule has 1 atom stereocenters. The zero-order valence-corrected chi connectivity index (χ0v) is 19.8. The smallest absolute Gasteiger partial charge is 0.355 e. The number of likely N-dealkylation sites (tertiary alicyclic amines) is 1. The Hall–Kier alpha value is -2.91.